The van der Waals surface area contributed by atoms with Gasteiger partial charge in [-0.15, -0.1) is 0 Å². The Labute approximate surface area is 86.0 Å². The molecular formula is C11H20O3. The van der Waals surface area contributed by atoms with Gasteiger partial charge < -0.3 is 14.6 Å². The van der Waals surface area contributed by atoms with E-state index in [0.717, 1.165) is 24.0 Å². The first-order valence-electron chi connectivity index (χ1n) is 4.70. The van der Waals surface area contributed by atoms with Gasteiger partial charge >= 0.3 is 0 Å². The van der Waals surface area contributed by atoms with E-state index < -0.39 is 0 Å². The maximum atomic E-state index is 8.74. The summed E-state index contributed by atoms with van der Waals surface area (Å²) in [4.78, 5) is 0. The second-order valence-electron chi connectivity index (χ2n) is 3.25. The Hall–Kier alpha value is -0.640. The minimum absolute atomic E-state index is 0.132. The molecule has 14 heavy (non-hydrogen) atoms. The summed E-state index contributed by atoms with van der Waals surface area (Å²) in [6, 6.07) is 0. The summed E-state index contributed by atoms with van der Waals surface area (Å²) in [5, 5.41) is 8.74. The third-order valence-electron chi connectivity index (χ3n) is 1.75. The largest absolute Gasteiger partial charge is 0.392 e. The lowest BCUT2D eigenvalue weighted by Crippen LogP contribution is -2.00. The molecule has 3 nitrogen and oxygen atoms in total. The number of hydrogen-bond acceptors (Lipinski definition) is 3. The van der Waals surface area contributed by atoms with Crippen molar-refractivity contribution in [1.82, 2.24) is 0 Å². The van der Waals surface area contributed by atoms with E-state index in [1.54, 1.807) is 7.11 Å². The predicted octanol–water partition coefficient (Wildman–Crippen LogP) is 1.88. The van der Waals surface area contributed by atoms with Gasteiger partial charge in [0.2, 0.25) is 0 Å². The van der Waals surface area contributed by atoms with Gasteiger partial charge in [-0.2, -0.15) is 0 Å². The molecule has 0 aromatic heterocycles. The highest BCUT2D eigenvalue weighted by atomic mass is 16.7. The maximum Gasteiger partial charge on any atom is 0.146 e. The summed E-state index contributed by atoms with van der Waals surface area (Å²) in [5.74, 6) is 0. The fourth-order valence-electron chi connectivity index (χ4n) is 0.929. The molecule has 0 heterocycles. The molecule has 0 saturated carbocycles. The van der Waals surface area contributed by atoms with Gasteiger partial charge in [-0.25, -0.2) is 0 Å². The molecule has 82 valence electrons. The lowest BCUT2D eigenvalue weighted by molar-refractivity contribution is -0.0216. The second-order valence-corrected chi connectivity index (χ2v) is 3.25. The van der Waals surface area contributed by atoms with Gasteiger partial charge in [0.15, 0.2) is 0 Å². The first kappa shape index (κ1) is 13.4. The van der Waals surface area contributed by atoms with E-state index in [-0.39, 0.29) is 6.61 Å². The van der Waals surface area contributed by atoms with Gasteiger partial charge in [-0.05, 0) is 19.8 Å². The Bertz CT molecular complexity index is 185. The van der Waals surface area contributed by atoms with Crippen LogP contribution in [0, 0.1) is 0 Å². The lowest BCUT2D eigenvalue weighted by atomic mass is 10.1. The van der Waals surface area contributed by atoms with Crippen molar-refractivity contribution in [2.75, 3.05) is 27.1 Å². The maximum absolute atomic E-state index is 8.74. The number of hydrogen-bond donors (Lipinski definition) is 1. The molecule has 0 saturated heterocycles. The Morgan fingerprint density at radius 1 is 1.50 bits per heavy atom. The van der Waals surface area contributed by atoms with Crippen LogP contribution in [0.4, 0.5) is 0 Å². The molecule has 0 fully saturated rings. The first-order valence-corrected chi connectivity index (χ1v) is 4.70. The average Bonchev–Trinajstić information content (AvgIpc) is 2.18. The zero-order valence-electron chi connectivity index (χ0n) is 9.08. The Morgan fingerprint density at radius 3 is 2.79 bits per heavy atom. The smallest absolute Gasteiger partial charge is 0.146 e. The van der Waals surface area contributed by atoms with E-state index in [0.29, 0.717) is 13.4 Å². The number of methoxy groups -OCH3 is 1. The molecule has 0 amide bonds. The van der Waals surface area contributed by atoms with Crippen LogP contribution in [0.25, 0.3) is 0 Å². The van der Waals surface area contributed by atoms with Crippen molar-refractivity contribution in [3.05, 3.63) is 23.8 Å². The van der Waals surface area contributed by atoms with Gasteiger partial charge in [-0.3, -0.25) is 0 Å². The SMILES string of the molecule is C=C(CC/C=C(\C)CO)COCOC. The van der Waals surface area contributed by atoms with E-state index in [2.05, 4.69) is 6.58 Å². The van der Waals surface area contributed by atoms with Crippen LogP contribution in [-0.2, 0) is 9.47 Å². The molecule has 0 aliphatic rings. The van der Waals surface area contributed by atoms with Crippen molar-refractivity contribution in [3.8, 4) is 0 Å². The van der Waals surface area contributed by atoms with Crippen LogP contribution in [0.1, 0.15) is 19.8 Å². The zero-order chi connectivity index (χ0) is 10.8. The van der Waals surface area contributed by atoms with Crippen molar-refractivity contribution >= 4 is 0 Å². The van der Waals surface area contributed by atoms with E-state index >= 15 is 0 Å². The molecular weight excluding hydrogens is 180 g/mol. The molecule has 1 N–H and O–H groups in total. The fraction of sp³-hybridized carbons (Fsp3) is 0.636. The number of allylic oxidation sites excluding steroid dienone is 1. The van der Waals surface area contributed by atoms with Crippen LogP contribution in [0.5, 0.6) is 0 Å². The van der Waals surface area contributed by atoms with Crippen LogP contribution in [0.15, 0.2) is 23.8 Å². The van der Waals surface area contributed by atoms with Crippen LogP contribution in [-0.4, -0.2) is 32.2 Å². The summed E-state index contributed by atoms with van der Waals surface area (Å²) in [5.41, 5.74) is 2.04. The molecule has 0 aromatic rings. The van der Waals surface area contributed by atoms with Crippen molar-refractivity contribution in [2.45, 2.75) is 19.8 Å². The molecule has 0 bridgehead atoms. The highest BCUT2D eigenvalue weighted by Crippen LogP contribution is 2.05. The van der Waals surface area contributed by atoms with Crippen molar-refractivity contribution in [1.29, 1.82) is 0 Å². The van der Waals surface area contributed by atoms with Crippen molar-refractivity contribution < 1.29 is 14.6 Å². The lowest BCUT2D eigenvalue weighted by Gasteiger charge is -2.04. The Kier molecular flexibility index (Phi) is 8.53. The molecule has 0 atom stereocenters. The minimum Gasteiger partial charge on any atom is -0.392 e. The van der Waals surface area contributed by atoms with Crippen LogP contribution < -0.4 is 0 Å². The van der Waals surface area contributed by atoms with Gasteiger partial charge in [0.1, 0.15) is 6.79 Å². The van der Waals surface area contributed by atoms with E-state index in [4.69, 9.17) is 14.6 Å². The van der Waals surface area contributed by atoms with E-state index in [1.165, 1.54) is 0 Å². The number of aliphatic hydroxyl groups excluding tert-OH is 1. The minimum atomic E-state index is 0.132. The number of rotatable bonds is 8. The van der Waals surface area contributed by atoms with Gasteiger partial charge in [0, 0.05) is 7.11 Å². The quantitative estimate of drug-likeness (QED) is 0.369. The highest BCUT2D eigenvalue weighted by molar-refractivity contribution is 5.02. The highest BCUT2D eigenvalue weighted by Gasteiger charge is 1.94. The third-order valence-corrected chi connectivity index (χ3v) is 1.75. The summed E-state index contributed by atoms with van der Waals surface area (Å²) < 4.78 is 9.88. The number of aliphatic hydroxyl groups is 1. The number of ether oxygens (including phenoxy) is 2. The predicted molar refractivity (Wildman–Crippen MR) is 57.0 cm³/mol. The third kappa shape index (κ3) is 7.98. The van der Waals surface area contributed by atoms with Gasteiger partial charge in [0.25, 0.3) is 0 Å². The molecule has 0 unspecified atom stereocenters. The second kappa shape index (κ2) is 8.94. The average molecular weight is 200 g/mol. The molecule has 0 rings (SSSR count). The summed E-state index contributed by atoms with van der Waals surface area (Å²) in [6.45, 7) is 6.77. The zero-order valence-corrected chi connectivity index (χ0v) is 9.08. The Morgan fingerprint density at radius 2 is 2.21 bits per heavy atom. The molecule has 0 radical (unpaired) electrons. The standard InChI is InChI=1S/C11H20O3/c1-10(7-12)5-4-6-11(2)8-14-9-13-3/h5,12H,2,4,6-9H2,1,3H3/b10-5+. The van der Waals surface area contributed by atoms with E-state index in [1.807, 2.05) is 13.0 Å². The summed E-state index contributed by atoms with van der Waals surface area (Å²) >= 11 is 0. The molecule has 0 aromatic carbocycles. The van der Waals surface area contributed by atoms with Crippen LogP contribution in [0.3, 0.4) is 0 Å². The summed E-state index contributed by atoms with van der Waals surface area (Å²) in [6.07, 6.45) is 3.81. The first-order chi connectivity index (χ1) is 6.70. The monoisotopic (exact) mass is 200 g/mol. The van der Waals surface area contributed by atoms with Crippen molar-refractivity contribution in [2.24, 2.45) is 0 Å². The van der Waals surface area contributed by atoms with E-state index in [9.17, 15) is 0 Å². The molecule has 0 aliphatic carbocycles. The normalized spacial score (nSPS) is 11.8. The molecule has 3 heteroatoms. The topological polar surface area (TPSA) is 38.7 Å². The molecule has 0 spiro atoms. The fourth-order valence-corrected chi connectivity index (χ4v) is 0.929. The van der Waals surface area contributed by atoms with Crippen LogP contribution >= 0.6 is 0 Å². The van der Waals surface area contributed by atoms with Crippen LogP contribution in [0.2, 0.25) is 0 Å². The van der Waals surface area contributed by atoms with Gasteiger partial charge in [-0.1, -0.05) is 23.8 Å². The van der Waals surface area contributed by atoms with Crippen molar-refractivity contribution in [3.63, 3.8) is 0 Å². The molecule has 0 aliphatic heterocycles. The Balaban J connectivity index is 3.44. The summed E-state index contributed by atoms with van der Waals surface area (Å²) in [7, 11) is 1.59. The van der Waals surface area contributed by atoms with Gasteiger partial charge in [0.05, 0.1) is 13.2 Å².